The van der Waals surface area contributed by atoms with Gasteiger partial charge < -0.3 is 13.8 Å². The van der Waals surface area contributed by atoms with E-state index in [2.05, 4.69) is 6.92 Å². The van der Waals surface area contributed by atoms with E-state index in [-0.39, 0.29) is 0 Å². The Hall–Kier alpha value is -0.130. The molecule has 100 valence electrons. The zero-order chi connectivity index (χ0) is 12.7. The molecular weight excluding hydrogens is 261 g/mol. The van der Waals surface area contributed by atoms with Gasteiger partial charge in [0.25, 0.3) is 0 Å². The molecule has 17 heavy (non-hydrogen) atoms. The van der Waals surface area contributed by atoms with Gasteiger partial charge in [-0.25, -0.2) is 5.06 Å². The Morgan fingerprint density at radius 2 is 2.00 bits per heavy atom. The van der Waals surface area contributed by atoms with Crippen LogP contribution in [-0.4, -0.2) is 25.0 Å². The van der Waals surface area contributed by atoms with Gasteiger partial charge in [-0.2, -0.15) is 4.62 Å². The third-order valence-corrected chi connectivity index (χ3v) is 4.33. The summed E-state index contributed by atoms with van der Waals surface area (Å²) >= 11 is 5.26. The fourth-order valence-corrected chi connectivity index (χ4v) is 3.38. The SMILES string of the molecule is CCCC1=CN(OP(=S)(OCC)OCC)CO1. The van der Waals surface area contributed by atoms with Crippen molar-refractivity contribution in [2.75, 3.05) is 19.9 Å². The molecule has 0 aromatic carbocycles. The van der Waals surface area contributed by atoms with Crippen LogP contribution < -0.4 is 0 Å². The molecule has 0 unspecified atom stereocenters. The van der Waals surface area contributed by atoms with Crippen LogP contribution in [0.25, 0.3) is 0 Å². The van der Waals surface area contributed by atoms with Crippen LogP contribution in [0.1, 0.15) is 33.6 Å². The van der Waals surface area contributed by atoms with E-state index in [4.69, 9.17) is 30.2 Å². The Morgan fingerprint density at radius 1 is 1.35 bits per heavy atom. The van der Waals surface area contributed by atoms with Crippen molar-refractivity contribution in [2.24, 2.45) is 0 Å². The summed E-state index contributed by atoms with van der Waals surface area (Å²) in [6.45, 7) is 4.42. The minimum Gasteiger partial charge on any atom is -0.474 e. The number of ether oxygens (including phenoxy) is 1. The molecule has 0 radical (unpaired) electrons. The van der Waals surface area contributed by atoms with Crippen LogP contribution in [0.2, 0.25) is 0 Å². The van der Waals surface area contributed by atoms with Crippen molar-refractivity contribution in [3.63, 3.8) is 0 Å². The number of allylic oxidation sites excluding steroid dienone is 1. The molecule has 0 aromatic heterocycles. The Labute approximate surface area is 108 Å². The second-order valence-corrected chi connectivity index (χ2v) is 6.32. The zero-order valence-electron chi connectivity index (χ0n) is 10.5. The van der Waals surface area contributed by atoms with Gasteiger partial charge in [-0.1, -0.05) is 6.92 Å². The molecule has 0 saturated heterocycles. The van der Waals surface area contributed by atoms with Crippen LogP contribution in [0.4, 0.5) is 0 Å². The normalized spacial score (nSPS) is 15.9. The van der Waals surface area contributed by atoms with Crippen molar-refractivity contribution in [3.8, 4) is 0 Å². The molecule has 1 rings (SSSR count). The molecule has 0 bridgehead atoms. The number of hydrogen-bond acceptors (Lipinski definition) is 6. The summed E-state index contributed by atoms with van der Waals surface area (Å²) in [6, 6.07) is 0. The maximum absolute atomic E-state index is 5.57. The lowest BCUT2D eigenvalue weighted by molar-refractivity contribution is -0.0704. The first kappa shape index (κ1) is 14.9. The van der Waals surface area contributed by atoms with Crippen molar-refractivity contribution >= 4 is 18.5 Å². The lowest BCUT2D eigenvalue weighted by Crippen LogP contribution is -2.16. The van der Waals surface area contributed by atoms with Crippen LogP contribution in [0, 0.1) is 0 Å². The number of nitrogens with zero attached hydrogens (tertiary/aromatic N) is 1. The van der Waals surface area contributed by atoms with Gasteiger partial charge in [0.1, 0.15) is 5.76 Å². The van der Waals surface area contributed by atoms with Gasteiger partial charge in [-0.3, -0.25) is 0 Å². The summed E-state index contributed by atoms with van der Waals surface area (Å²) in [5.41, 5.74) is 0. The summed E-state index contributed by atoms with van der Waals surface area (Å²) < 4.78 is 21.8. The minimum atomic E-state index is -2.68. The van der Waals surface area contributed by atoms with Gasteiger partial charge in [-0.05, 0) is 32.1 Å². The van der Waals surface area contributed by atoms with Gasteiger partial charge >= 0.3 is 6.72 Å². The molecule has 0 aromatic rings. The molecule has 0 spiro atoms. The summed E-state index contributed by atoms with van der Waals surface area (Å²) in [6.07, 6.45) is 3.74. The molecular formula is C10H20NO4PS. The van der Waals surface area contributed by atoms with Crippen molar-refractivity contribution in [1.29, 1.82) is 0 Å². The van der Waals surface area contributed by atoms with Gasteiger partial charge in [0.05, 0.1) is 19.4 Å². The average molecular weight is 281 g/mol. The van der Waals surface area contributed by atoms with Crippen LogP contribution >= 0.6 is 6.72 Å². The standard InChI is InChI=1S/C10H20NO4PS/c1-4-7-10-8-11(9-12-10)15-16(17,13-5-2)14-6-3/h8H,4-7,9H2,1-3H3. The maximum Gasteiger partial charge on any atom is 0.349 e. The van der Waals surface area contributed by atoms with E-state index in [1.54, 1.807) is 5.06 Å². The summed E-state index contributed by atoms with van der Waals surface area (Å²) in [5, 5.41) is 1.55. The lowest BCUT2D eigenvalue weighted by Gasteiger charge is -2.23. The van der Waals surface area contributed by atoms with Crippen LogP contribution in [0.15, 0.2) is 12.0 Å². The third-order valence-electron chi connectivity index (χ3n) is 1.94. The number of rotatable bonds is 8. The summed E-state index contributed by atoms with van der Waals surface area (Å²) in [5.74, 6) is 0.905. The van der Waals surface area contributed by atoms with E-state index in [9.17, 15) is 0 Å². The number of hydroxylamine groups is 2. The van der Waals surface area contributed by atoms with E-state index in [0.717, 1.165) is 18.6 Å². The first-order valence-electron chi connectivity index (χ1n) is 5.82. The molecule has 0 aliphatic carbocycles. The largest absolute Gasteiger partial charge is 0.474 e. The van der Waals surface area contributed by atoms with Gasteiger partial charge in [-0.15, -0.1) is 0 Å². The first-order chi connectivity index (χ1) is 8.13. The Balaban J connectivity index is 2.54. The van der Waals surface area contributed by atoms with E-state index in [0.29, 0.717) is 19.9 Å². The van der Waals surface area contributed by atoms with E-state index in [1.807, 2.05) is 20.0 Å². The summed E-state index contributed by atoms with van der Waals surface area (Å²) in [7, 11) is 0. The lowest BCUT2D eigenvalue weighted by atomic mass is 10.3. The highest BCUT2D eigenvalue weighted by atomic mass is 32.5. The second kappa shape index (κ2) is 7.34. The van der Waals surface area contributed by atoms with Crippen molar-refractivity contribution < 1.29 is 18.4 Å². The Morgan fingerprint density at radius 3 is 2.53 bits per heavy atom. The molecule has 1 aliphatic heterocycles. The smallest absolute Gasteiger partial charge is 0.349 e. The molecule has 0 saturated carbocycles. The molecule has 0 atom stereocenters. The highest BCUT2D eigenvalue weighted by Gasteiger charge is 2.26. The van der Waals surface area contributed by atoms with Gasteiger partial charge in [0.2, 0.25) is 0 Å². The van der Waals surface area contributed by atoms with E-state index < -0.39 is 6.72 Å². The zero-order valence-corrected chi connectivity index (χ0v) is 12.3. The van der Waals surface area contributed by atoms with Crippen molar-refractivity contribution in [2.45, 2.75) is 33.6 Å². The molecule has 0 N–H and O–H groups in total. The average Bonchev–Trinajstić information content (AvgIpc) is 2.66. The highest BCUT2D eigenvalue weighted by Crippen LogP contribution is 2.51. The molecule has 0 amide bonds. The molecule has 7 heteroatoms. The van der Waals surface area contributed by atoms with Crippen LogP contribution in [0.5, 0.6) is 0 Å². The topological polar surface area (TPSA) is 40.2 Å². The Bertz CT molecular complexity index is 301. The molecule has 1 heterocycles. The van der Waals surface area contributed by atoms with Gasteiger partial charge in [0.15, 0.2) is 6.73 Å². The predicted molar refractivity (Wildman–Crippen MR) is 69.4 cm³/mol. The molecule has 5 nitrogen and oxygen atoms in total. The summed E-state index contributed by atoms with van der Waals surface area (Å²) in [4.78, 5) is 0. The highest BCUT2D eigenvalue weighted by molar-refractivity contribution is 8.07. The van der Waals surface area contributed by atoms with E-state index in [1.165, 1.54) is 0 Å². The van der Waals surface area contributed by atoms with Gasteiger partial charge in [0, 0.05) is 6.42 Å². The van der Waals surface area contributed by atoms with Crippen molar-refractivity contribution in [3.05, 3.63) is 12.0 Å². The molecule has 1 aliphatic rings. The molecule has 0 fully saturated rings. The monoisotopic (exact) mass is 281 g/mol. The quantitative estimate of drug-likeness (QED) is 0.637. The van der Waals surface area contributed by atoms with E-state index >= 15 is 0 Å². The third kappa shape index (κ3) is 4.94. The minimum absolute atomic E-state index is 0.341. The predicted octanol–water partition coefficient (Wildman–Crippen LogP) is 3.15. The first-order valence-corrected chi connectivity index (χ1v) is 8.38. The maximum atomic E-state index is 5.57. The Kier molecular flexibility index (Phi) is 6.44. The van der Waals surface area contributed by atoms with Crippen LogP contribution in [-0.2, 0) is 30.2 Å². The fraction of sp³-hybridized carbons (Fsp3) is 0.800. The number of hydrogen-bond donors (Lipinski definition) is 0. The van der Waals surface area contributed by atoms with Crippen molar-refractivity contribution in [1.82, 2.24) is 5.06 Å². The fourth-order valence-electron chi connectivity index (χ4n) is 1.34. The van der Waals surface area contributed by atoms with Crippen LogP contribution in [0.3, 0.4) is 0 Å². The second-order valence-electron chi connectivity index (χ2n) is 3.40.